The Morgan fingerprint density at radius 3 is 2.77 bits per heavy atom. The lowest BCUT2D eigenvalue weighted by Gasteiger charge is -2.31. The normalized spacial score (nSPS) is 21.1. The SMILES string of the molecule is CC(CC(=O)NN)N1CCOCC1. The lowest BCUT2D eigenvalue weighted by Crippen LogP contribution is -2.45. The van der Waals surface area contributed by atoms with Crippen LogP contribution in [0.5, 0.6) is 0 Å². The second-order valence-corrected chi connectivity index (χ2v) is 3.27. The van der Waals surface area contributed by atoms with Gasteiger partial charge in [-0.2, -0.15) is 0 Å². The van der Waals surface area contributed by atoms with Gasteiger partial charge in [0.05, 0.1) is 13.2 Å². The number of nitrogens with one attached hydrogen (secondary N) is 1. The highest BCUT2D eigenvalue weighted by Crippen LogP contribution is 2.06. The summed E-state index contributed by atoms with van der Waals surface area (Å²) in [4.78, 5) is 13.2. The molecule has 1 fully saturated rings. The molecule has 5 nitrogen and oxygen atoms in total. The minimum absolute atomic E-state index is 0.112. The number of carbonyl (C=O) groups excluding carboxylic acids is 1. The second-order valence-electron chi connectivity index (χ2n) is 3.27. The van der Waals surface area contributed by atoms with Crippen LogP contribution in [0.25, 0.3) is 0 Å². The average molecular weight is 187 g/mol. The smallest absolute Gasteiger partial charge is 0.235 e. The van der Waals surface area contributed by atoms with Crippen LogP contribution in [0, 0.1) is 0 Å². The number of rotatable bonds is 3. The van der Waals surface area contributed by atoms with Gasteiger partial charge in [0.1, 0.15) is 0 Å². The maximum atomic E-state index is 11.0. The van der Waals surface area contributed by atoms with Crippen LogP contribution in [0.1, 0.15) is 13.3 Å². The number of hydrazine groups is 1. The molecule has 1 aliphatic heterocycles. The molecular weight excluding hydrogens is 170 g/mol. The van der Waals surface area contributed by atoms with Crippen LogP contribution in [-0.2, 0) is 9.53 Å². The summed E-state index contributed by atoms with van der Waals surface area (Å²) in [6.45, 7) is 5.35. The van der Waals surface area contributed by atoms with Crippen molar-refractivity contribution in [3.8, 4) is 0 Å². The Bertz CT molecular complexity index is 169. The lowest BCUT2D eigenvalue weighted by atomic mass is 10.2. The molecule has 1 aliphatic rings. The molecular formula is C8H17N3O2. The lowest BCUT2D eigenvalue weighted by molar-refractivity contribution is -0.122. The highest BCUT2D eigenvalue weighted by atomic mass is 16.5. The summed E-state index contributed by atoms with van der Waals surface area (Å²) < 4.78 is 5.21. The van der Waals surface area contributed by atoms with Crippen LogP contribution in [0.4, 0.5) is 0 Å². The van der Waals surface area contributed by atoms with Crippen LogP contribution in [0.15, 0.2) is 0 Å². The third-order valence-electron chi connectivity index (χ3n) is 2.31. The van der Waals surface area contributed by atoms with Gasteiger partial charge < -0.3 is 4.74 Å². The van der Waals surface area contributed by atoms with Crippen molar-refractivity contribution in [2.75, 3.05) is 26.3 Å². The number of hydrogen-bond acceptors (Lipinski definition) is 4. The van der Waals surface area contributed by atoms with Gasteiger partial charge in [-0.3, -0.25) is 15.1 Å². The molecule has 0 spiro atoms. The second kappa shape index (κ2) is 5.16. The monoisotopic (exact) mass is 187 g/mol. The molecule has 5 heteroatoms. The van der Waals surface area contributed by atoms with E-state index < -0.39 is 0 Å². The fourth-order valence-corrected chi connectivity index (χ4v) is 1.47. The maximum absolute atomic E-state index is 11.0. The first-order valence-corrected chi connectivity index (χ1v) is 4.55. The van der Waals surface area contributed by atoms with E-state index in [-0.39, 0.29) is 11.9 Å². The highest BCUT2D eigenvalue weighted by Gasteiger charge is 2.18. The van der Waals surface area contributed by atoms with Gasteiger partial charge in [-0.1, -0.05) is 0 Å². The Hall–Kier alpha value is -0.650. The molecule has 1 unspecified atom stereocenters. The molecule has 0 saturated carbocycles. The topological polar surface area (TPSA) is 67.6 Å². The Morgan fingerprint density at radius 1 is 1.62 bits per heavy atom. The molecule has 0 aromatic heterocycles. The first-order chi connectivity index (χ1) is 6.24. The van der Waals surface area contributed by atoms with Crippen molar-refractivity contribution in [3.63, 3.8) is 0 Å². The van der Waals surface area contributed by atoms with E-state index in [9.17, 15) is 4.79 Å². The molecule has 1 heterocycles. The number of morpholine rings is 1. The zero-order valence-electron chi connectivity index (χ0n) is 7.95. The van der Waals surface area contributed by atoms with Crippen molar-refractivity contribution >= 4 is 5.91 Å². The molecule has 1 atom stereocenters. The zero-order valence-corrected chi connectivity index (χ0v) is 7.95. The summed E-state index contributed by atoms with van der Waals surface area (Å²) >= 11 is 0. The molecule has 76 valence electrons. The molecule has 13 heavy (non-hydrogen) atoms. The quantitative estimate of drug-likeness (QED) is 0.341. The van der Waals surface area contributed by atoms with Crippen molar-refractivity contribution in [2.24, 2.45) is 5.84 Å². The van der Waals surface area contributed by atoms with E-state index in [4.69, 9.17) is 10.6 Å². The van der Waals surface area contributed by atoms with Crippen molar-refractivity contribution in [3.05, 3.63) is 0 Å². The summed E-state index contributed by atoms with van der Waals surface area (Å²) in [5, 5.41) is 0. The van der Waals surface area contributed by atoms with Gasteiger partial charge in [-0.25, -0.2) is 5.84 Å². The maximum Gasteiger partial charge on any atom is 0.235 e. The largest absolute Gasteiger partial charge is 0.379 e. The minimum atomic E-state index is -0.112. The van der Waals surface area contributed by atoms with Crippen molar-refractivity contribution < 1.29 is 9.53 Å². The Balaban J connectivity index is 2.28. The summed E-state index contributed by atoms with van der Waals surface area (Å²) in [6, 6.07) is 0.243. The molecule has 0 aromatic rings. The van der Waals surface area contributed by atoms with Crippen molar-refractivity contribution in [2.45, 2.75) is 19.4 Å². The van der Waals surface area contributed by atoms with Gasteiger partial charge in [0.25, 0.3) is 0 Å². The van der Waals surface area contributed by atoms with Crippen LogP contribution in [-0.4, -0.2) is 43.2 Å². The fraction of sp³-hybridized carbons (Fsp3) is 0.875. The Kier molecular flexibility index (Phi) is 4.14. The Morgan fingerprint density at radius 2 is 2.23 bits per heavy atom. The molecule has 1 amide bonds. The molecule has 0 bridgehead atoms. The third kappa shape index (κ3) is 3.30. The average Bonchev–Trinajstić information content (AvgIpc) is 2.19. The predicted molar refractivity (Wildman–Crippen MR) is 48.8 cm³/mol. The van der Waals surface area contributed by atoms with E-state index >= 15 is 0 Å². The molecule has 1 saturated heterocycles. The van der Waals surface area contributed by atoms with E-state index in [0.717, 1.165) is 26.3 Å². The van der Waals surface area contributed by atoms with Crippen LogP contribution in [0.3, 0.4) is 0 Å². The summed E-state index contributed by atoms with van der Waals surface area (Å²) in [5.41, 5.74) is 2.14. The van der Waals surface area contributed by atoms with Crippen molar-refractivity contribution in [1.82, 2.24) is 10.3 Å². The van der Waals surface area contributed by atoms with E-state index in [1.165, 1.54) is 0 Å². The first-order valence-electron chi connectivity index (χ1n) is 4.55. The molecule has 0 aromatic carbocycles. The van der Waals surface area contributed by atoms with E-state index in [2.05, 4.69) is 10.3 Å². The van der Waals surface area contributed by atoms with E-state index in [0.29, 0.717) is 6.42 Å². The minimum Gasteiger partial charge on any atom is -0.379 e. The molecule has 3 N–H and O–H groups in total. The number of nitrogens with two attached hydrogens (primary N) is 1. The van der Waals surface area contributed by atoms with Gasteiger partial charge in [0, 0.05) is 25.6 Å². The predicted octanol–water partition coefficient (Wildman–Crippen LogP) is -0.913. The van der Waals surface area contributed by atoms with Gasteiger partial charge >= 0.3 is 0 Å². The van der Waals surface area contributed by atoms with E-state index in [1.807, 2.05) is 6.92 Å². The zero-order chi connectivity index (χ0) is 9.68. The summed E-state index contributed by atoms with van der Waals surface area (Å²) in [5.74, 6) is 4.90. The number of carbonyl (C=O) groups is 1. The first kappa shape index (κ1) is 10.4. The van der Waals surface area contributed by atoms with Crippen molar-refractivity contribution in [1.29, 1.82) is 0 Å². The standard InChI is InChI=1S/C8H17N3O2/c1-7(6-8(12)10-9)11-2-4-13-5-3-11/h7H,2-6,9H2,1H3,(H,10,12). The number of hydrogen-bond donors (Lipinski definition) is 2. The number of nitrogens with zero attached hydrogens (tertiary/aromatic N) is 1. The van der Waals surface area contributed by atoms with E-state index in [1.54, 1.807) is 0 Å². The summed E-state index contributed by atoms with van der Waals surface area (Å²) in [7, 11) is 0. The summed E-state index contributed by atoms with van der Waals surface area (Å²) in [6.07, 6.45) is 0.455. The number of amides is 1. The van der Waals surface area contributed by atoms with Crippen LogP contribution in [0.2, 0.25) is 0 Å². The number of ether oxygens (including phenoxy) is 1. The van der Waals surface area contributed by atoms with Gasteiger partial charge in [-0.15, -0.1) is 0 Å². The van der Waals surface area contributed by atoms with Gasteiger partial charge in [0.2, 0.25) is 5.91 Å². The van der Waals surface area contributed by atoms with Gasteiger partial charge in [0.15, 0.2) is 0 Å². The van der Waals surface area contributed by atoms with Crippen LogP contribution < -0.4 is 11.3 Å². The highest BCUT2D eigenvalue weighted by molar-refractivity contribution is 5.75. The van der Waals surface area contributed by atoms with Crippen LogP contribution >= 0.6 is 0 Å². The van der Waals surface area contributed by atoms with Gasteiger partial charge in [-0.05, 0) is 6.92 Å². The Labute approximate surface area is 78.2 Å². The molecule has 0 radical (unpaired) electrons. The molecule has 0 aliphatic carbocycles. The molecule has 1 rings (SSSR count). The third-order valence-corrected chi connectivity index (χ3v) is 2.31. The fourth-order valence-electron chi connectivity index (χ4n) is 1.47.